The lowest BCUT2D eigenvalue weighted by molar-refractivity contribution is -0.124. The van der Waals surface area contributed by atoms with Crippen molar-refractivity contribution in [1.82, 2.24) is 10.2 Å². The van der Waals surface area contributed by atoms with Gasteiger partial charge in [0.25, 0.3) is 0 Å². The van der Waals surface area contributed by atoms with Gasteiger partial charge in [-0.3, -0.25) is 9.69 Å². The lowest BCUT2D eigenvalue weighted by Crippen LogP contribution is -2.53. The third kappa shape index (κ3) is 5.44. The van der Waals surface area contributed by atoms with Crippen LogP contribution in [-0.4, -0.2) is 55.7 Å². The third-order valence-corrected chi connectivity index (χ3v) is 5.62. The van der Waals surface area contributed by atoms with E-state index in [1.54, 1.807) is 0 Å². The van der Waals surface area contributed by atoms with Gasteiger partial charge in [-0.05, 0) is 56.5 Å². The first-order valence-electron chi connectivity index (χ1n) is 9.34. The van der Waals surface area contributed by atoms with Crippen LogP contribution >= 0.6 is 0 Å². The summed E-state index contributed by atoms with van der Waals surface area (Å²) in [6, 6.07) is 0.0152. The number of hydrogen-bond acceptors (Lipinski definition) is 4. The summed E-state index contributed by atoms with van der Waals surface area (Å²) in [4.78, 5) is 15.0. The van der Waals surface area contributed by atoms with E-state index in [0.29, 0.717) is 18.5 Å². The van der Waals surface area contributed by atoms with Crippen molar-refractivity contribution in [1.29, 1.82) is 0 Å². The van der Waals surface area contributed by atoms with Crippen molar-refractivity contribution in [3.05, 3.63) is 0 Å². The number of nitrogens with two attached hydrogens (primary N) is 1. The summed E-state index contributed by atoms with van der Waals surface area (Å²) in [6.07, 6.45) is 4.32. The molecule has 0 aromatic carbocycles. The van der Waals surface area contributed by atoms with Crippen molar-refractivity contribution < 1.29 is 9.53 Å². The normalized spacial score (nSPS) is 24.6. The molecule has 0 bridgehead atoms. The van der Waals surface area contributed by atoms with Crippen LogP contribution in [0.15, 0.2) is 0 Å². The van der Waals surface area contributed by atoms with Gasteiger partial charge < -0.3 is 15.8 Å². The molecule has 2 heterocycles. The number of carbonyl (C=O) groups is 1. The van der Waals surface area contributed by atoms with Gasteiger partial charge in [-0.1, -0.05) is 20.8 Å². The predicted molar refractivity (Wildman–Crippen MR) is 93.1 cm³/mol. The SMILES string of the molecule is CC1CCN(C(CNC(=O)C(N)C2CCOCC2)C(C)C)CC1. The third-order valence-electron chi connectivity index (χ3n) is 5.62. The fourth-order valence-electron chi connectivity index (χ4n) is 3.76. The van der Waals surface area contributed by atoms with E-state index in [2.05, 4.69) is 31.0 Å². The van der Waals surface area contributed by atoms with Crippen molar-refractivity contribution >= 4 is 5.91 Å². The lowest BCUT2D eigenvalue weighted by Gasteiger charge is -2.39. The summed E-state index contributed by atoms with van der Waals surface area (Å²) in [5.41, 5.74) is 6.17. The number of carbonyl (C=O) groups excluding carboxylic acids is 1. The van der Waals surface area contributed by atoms with Crippen molar-refractivity contribution in [2.75, 3.05) is 32.8 Å². The van der Waals surface area contributed by atoms with Gasteiger partial charge in [-0.25, -0.2) is 0 Å². The van der Waals surface area contributed by atoms with Crippen LogP contribution < -0.4 is 11.1 Å². The number of nitrogens with one attached hydrogen (secondary N) is 1. The predicted octanol–water partition coefficient (Wildman–Crippen LogP) is 1.61. The Morgan fingerprint density at radius 3 is 2.39 bits per heavy atom. The number of rotatable bonds is 6. The molecular formula is C18H35N3O2. The molecule has 1 amide bonds. The van der Waals surface area contributed by atoms with Gasteiger partial charge in [0.05, 0.1) is 6.04 Å². The minimum atomic E-state index is -0.395. The van der Waals surface area contributed by atoms with Crippen molar-refractivity contribution in [3.8, 4) is 0 Å². The van der Waals surface area contributed by atoms with Crippen LogP contribution in [0, 0.1) is 17.8 Å². The van der Waals surface area contributed by atoms with E-state index >= 15 is 0 Å². The standard InChI is InChI=1S/C18H35N3O2/c1-13(2)16(21-8-4-14(3)5-9-21)12-20-18(22)17(19)15-6-10-23-11-7-15/h13-17H,4-12,19H2,1-3H3,(H,20,22). The average molecular weight is 325 g/mol. The van der Waals surface area contributed by atoms with Gasteiger partial charge in [-0.15, -0.1) is 0 Å². The van der Waals surface area contributed by atoms with Gasteiger partial charge in [0.1, 0.15) is 0 Å². The number of likely N-dealkylation sites (tertiary alicyclic amines) is 1. The number of hydrogen-bond donors (Lipinski definition) is 2. The summed E-state index contributed by atoms with van der Waals surface area (Å²) < 4.78 is 5.35. The molecule has 2 fully saturated rings. The molecule has 2 unspecified atom stereocenters. The van der Waals surface area contributed by atoms with E-state index in [4.69, 9.17) is 10.5 Å². The topological polar surface area (TPSA) is 67.6 Å². The van der Waals surface area contributed by atoms with E-state index in [-0.39, 0.29) is 11.8 Å². The Morgan fingerprint density at radius 1 is 1.22 bits per heavy atom. The molecule has 3 N–H and O–H groups in total. The quantitative estimate of drug-likeness (QED) is 0.778. The van der Waals surface area contributed by atoms with Gasteiger partial charge in [0, 0.05) is 25.8 Å². The lowest BCUT2D eigenvalue weighted by atomic mass is 9.91. The number of nitrogens with zero attached hydrogens (tertiary/aromatic N) is 1. The molecule has 0 aromatic rings. The van der Waals surface area contributed by atoms with E-state index in [1.807, 2.05) is 0 Å². The largest absolute Gasteiger partial charge is 0.381 e. The van der Waals surface area contributed by atoms with Gasteiger partial charge in [0.2, 0.25) is 5.91 Å². The Kier molecular flexibility index (Phi) is 7.31. The molecule has 0 saturated carbocycles. The minimum absolute atomic E-state index is 0.00734. The number of amides is 1. The highest BCUT2D eigenvalue weighted by Crippen LogP contribution is 2.21. The van der Waals surface area contributed by atoms with Crippen LogP contribution in [0.5, 0.6) is 0 Å². The van der Waals surface area contributed by atoms with Crippen molar-refractivity contribution in [3.63, 3.8) is 0 Å². The summed E-state index contributed by atoms with van der Waals surface area (Å²) in [7, 11) is 0. The average Bonchev–Trinajstić information content (AvgIpc) is 2.56. The summed E-state index contributed by atoms with van der Waals surface area (Å²) in [5, 5.41) is 3.12. The van der Waals surface area contributed by atoms with Gasteiger partial charge >= 0.3 is 0 Å². The van der Waals surface area contributed by atoms with E-state index < -0.39 is 6.04 Å². The Hall–Kier alpha value is -0.650. The molecule has 23 heavy (non-hydrogen) atoms. The zero-order chi connectivity index (χ0) is 16.8. The summed E-state index contributed by atoms with van der Waals surface area (Å²) in [6.45, 7) is 11.3. The molecular weight excluding hydrogens is 290 g/mol. The molecule has 2 aliphatic heterocycles. The number of ether oxygens (including phenoxy) is 1. The molecule has 5 heteroatoms. The van der Waals surface area contributed by atoms with Crippen molar-refractivity contribution in [2.45, 2.75) is 58.5 Å². The molecule has 2 aliphatic rings. The highest BCUT2D eigenvalue weighted by Gasteiger charge is 2.29. The minimum Gasteiger partial charge on any atom is -0.381 e. The van der Waals surface area contributed by atoms with Crippen LogP contribution in [0.4, 0.5) is 0 Å². The van der Waals surface area contributed by atoms with Gasteiger partial charge in [0.15, 0.2) is 0 Å². The van der Waals surface area contributed by atoms with Crippen LogP contribution in [0.25, 0.3) is 0 Å². The van der Waals surface area contributed by atoms with E-state index in [9.17, 15) is 4.79 Å². The number of piperidine rings is 1. The highest BCUT2D eigenvalue weighted by molar-refractivity contribution is 5.81. The molecule has 2 rings (SSSR count). The molecule has 2 saturated heterocycles. The van der Waals surface area contributed by atoms with E-state index in [0.717, 1.165) is 45.1 Å². The molecule has 0 aromatic heterocycles. The maximum absolute atomic E-state index is 12.4. The maximum Gasteiger partial charge on any atom is 0.237 e. The van der Waals surface area contributed by atoms with Gasteiger partial charge in [-0.2, -0.15) is 0 Å². The van der Waals surface area contributed by atoms with Crippen LogP contribution in [0.3, 0.4) is 0 Å². The first-order valence-corrected chi connectivity index (χ1v) is 9.34. The zero-order valence-electron chi connectivity index (χ0n) is 15.1. The summed E-state index contributed by atoms with van der Waals surface area (Å²) in [5.74, 6) is 1.63. The van der Waals surface area contributed by atoms with E-state index in [1.165, 1.54) is 12.8 Å². The Bertz CT molecular complexity index is 361. The maximum atomic E-state index is 12.4. The first-order chi connectivity index (χ1) is 11.0. The Balaban J connectivity index is 1.81. The monoisotopic (exact) mass is 325 g/mol. The van der Waals surface area contributed by atoms with Crippen molar-refractivity contribution in [2.24, 2.45) is 23.5 Å². The second-order valence-electron chi connectivity index (χ2n) is 7.75. The fraction of sp³-hybridized carbons (Fsp3) is 0.944. The molecule has 0 spiro atoms. The molecule has 0 aliphatic carbocycles. The molecule has 2 atom stereocenters. The zero-order valence-corrected chi connectivity index (χ0v) is 15.1. The van der Waals surface area contributed by atoms with Crippen LogP contribution in [0.1, 0.15) is 46.5 Å². The van der Waals surface area contributed by atoms with Crippen LogP contribution in [0.2, 0.25) is 0 Å². The molecule has 0 radical (unpaired) electrons. The van der Waals surface area contributed by atoms with Crippen LogP contribution in [-0.2, 0) is 9.53 Å². The fourth-order valence-corrected chi connectivity index (χ4v) is 3.76. The molecule has 134 valence electrons. The Morgan fingerprint density at radius 2 is 1.83 bits per heavy atom. The summed E-state index contributed by atoms with van der Waals surface area (Å²) >= 11 is 0. The highest BCUT2D eigenvalue weighted by atomic mass is 16.5. The molecule has 5 nitrogen and oxygen atoms in total. The second-order valence-corrected chi connectivity index (χ2v) is 7.75. The second kappa shape index (κ2) is 9.00. The smallest absolute Gasteiger partial charge is 0.237 e. The first kappa shape index (κ1) is 18.7. The Labute approximate surface area is 141 Å².